The molecular formula is C13H17N5O2. The second-order valence-corrected chi connectivity index (χ2v) is 5.08. The molecule has 0 aromatic carbocycles. The first-order valence-electron chi connectivity index (χ1n) is 6.58. The van der Waals surface area contributed by atoms with Crippen molar-refractivity contribution in [2.24, 2.45) is 0 Å². The van der Waals surface area contributed by atoms with Gasteiger partial charge in [0.1, 0.15) is 0 Å². The van der Waals surface area contributed by atoms with E-state index in [0.717, 1.165) is 24.3 Å². The molecule has 2 aromatic heterocycles. The minimum atomic E-state index is 0.231. The van der Waals surface area contributed by atoms with Crippen molar-refractivity contribution >= 4 is 5.95 Å². The van der Waals surface area contributed by atoms with Crippen LogP contribution in [0.15, 0.2) is 10.7 Å². The maximum absolute atomic E-state index is 5.34. The number of ether oxygens (including phenoxy) is 1. The van der Waals surface area contributed by atoms with Crippen molar-refractivity contribution in [3.8, 4) is 11.5 Å². The van der Waals surface area contributed by atoms with Crippen LogP contribution in [-0.4, -0.2) is 47.4 Å². The van der Waals surface area contributed by atoms with Crippen LogP contribution >= 0.6 is 0 Å². The minimum Gasteiger partial charge on any atom is -0.381 e. The predicted octanol–water partition coefficient (Wildman–Crippen LogP) is 1.40. The van der Waals surface area contributed by atoms with Gasteiger partial charge >= 0.3 is 0 Å². The quantitative estimate of drug-likeness (QED) is 0.838. The number of hydrogen-bond donors (Lipinski definition) is 0. The molecule has 106 valence electrons. The Bertz CT molecular complexity index is 605. The Labute approximate surface area is 117 Å². The van der Waals surface area contributed by atoms with Gasteiger partial charge < -0.3 is 14.2 Å². The molecule has 20 heavy (non-hydrogen) atoms. The van der Waals surface area contributed by atoms with Crippen LogP contribution < -0.4 is 4.90 Å². The van der Waals surface area contributed by atoms with Gasteiger partial charge in [0.2, 0.25) is 5.95 Å². The first-order valence-corrected chi connectivity index (χ1v) is 6.58. The van der Waals surface area contributed by atoms with E-state index in [0.29, 0.717) is 24.3 Å². The smallest absolute Gasteiger partial charge is 0.261 e. The van der Waals surface area contributed by atoms with Crippen LogP contribution in [0.5, 0.6) is 0 Å². The number of nitrogens with zero attached hydrogens (tertiary/aromatic N) is 5. The Balaban J connectivity index is 1.89. The summed E-state index contributed by atoms with van der Waals surface area (Å²) >= 11 is 0. The summed E-state index contributed by atoms with van der Waals surface area (Å²) < 4.78 is 10.7. The van der Waals surface area contributed by atoms with Gasteiger partial charge in [-0.2, -0.15) is 4.98 Å². The highest BCUT2D eigenvalue weighted by Crippen LogP contribution is 2.26. The second kappa shape index (κ2) is 5.16. The van der Waals surface area contributed by atoms with Gasteiger partial charge in [0.15, 0.2) is 5.82 Å². The van der Waals surface area contributed by atoms with Crippen molar-refractivity contribution in [2.45, 2.75) is 19.3 Å². The largest absolute Gasteiger partial charge is 0.381 e. The van der Waals surface area contributed by atoms with Crippen molar-refractivity contribution in [1.82, 2.24) is 20.1 Å². The molecule has 0 aliphatic carbocycles. The fraction of sp³-hybridized carbons (Fsp3) is 0.538. The highest BCUT2D eigenvalue weighted by Gasteiger charge is 2.24. The fourth-order valence-electron chi connectivity index (χ4n) is 2.13. The van der Waals surface area contributed by atoms with Crippen molar-refractivity contribution in [2.75, 3.05) is 32.2 Å². The van der Waals surface area contributed by atoms with Crippen LogP contribution in [0.25, 0.3) is 11.5 Å². The third-order valence-electron chi connectivity index (χ3n) is 3.33. The number of aromatic nitrogens is 4. The molecule has 1 saturated heterocycles. The third-order valence-corrected chi connectivity index (χ3v) is 3.33. The molecule has 0 saturated carbocycles. The van der Waals surface area contributed by atoms with Crippen LogP contribution in [0.4, 0.5) is 5.95 Å². The zero-order valence-corrected chi connectivity index (χ0v) is 11.8. The topological polar surface area (TPSA) is 77.2 Å². The number of hydrogen-bond acceptors (Lipinski definition) is 7. The van der Waals surface area contributed by atoms with E-state index in [-0.39, 0.29) is 5.92 Å². The maximum atomic E-state index is 5.34. The van der Waals surface area contributed by atoms with Crippen LogP contribution in [0, 0.1) is 6.92 Å². The molecule has 1 fully saturated rings. The Kier molecular flexibility index (Phi) is 3.35. The number of rotatable bonds is 3. The Morgan fingerprint density at radius 1 is 1.30 bits per heavy atom. The van der Waals surface area contributed by atoms with Crippen LogP contribution in [-0.2, 0) is 4.74 Å². The Hall–Kier alpha value is -2.02. The third kappa shape index (κ3) is 2.36. The van der Waals surface area contributed by atoms with Crippen LogP contribution in [0.1, 0.15) is 23.9 Å². The van der Waals surface area contributed by atoms with Crippen LogP contribution in [0.2, 0.25) is 0 Å². The molecule has 7 heteroatoms. The predicted molar refractivity (Wildman–Crippen MR) is 72.6 cm³/mol. The zero-order chi connectivity index (χ0) is 14.1. The lowest BCUT2D eigenvalue weighted by Crippen LogP contribution is -2.13. The average Bonchev–Trinajstić information content (AvgIpc) is 3.09. The minimum absolute atomic E-state index is 0.231. The molecule has 2 aromatic rings. The summed E-state index contributed by atoms with van der Waals surface area (Å²) in [6, 6.07) is 0. The lowest BCUT2D eigenvalue weighted by molar-refractivity contribution is 0.192. The van der Waals surface area contributed by atoms with E-state index in [4.69, 9.17) is 9.26 Å². The lowest BCUT2D eigenvalue weighted by Gasteiger charge is -2.10. The van der Waals surface area contributed by atoms with E-state index in [1.807, 2.05) is 25.9 Å². The molecule has 3 rings (SSSR count). The Morgan fingerprint density at radius 3 is 2.80 bits per heavy atom. The monoisotopic (exact) mass is 275 g/mol. The van der Waals surface area contributed by atoms with E-state index >= 15 is 0 Å². The molecule has 0 radical (unpaired) electrons. The van der Waals surface area contributed by atoms with Crippen molar-refractivity contribution < 1.29 is 9.26 Å². The van der Waals surface area contributed by atoms with Gasteiger partial charge in [-0.05, 0) is 13.3 Å². The molecule has 0 unspecified atom stereocenters. The summed E-state index contributed by atoms with van der Waals surface area (Å²) in [5.41, 5.74) is 1.59. The van der Waals surface area contributed by atoms with Gasteiger partial charge in [-0.25, -0.2) is 9.97 Å². The van der Waals surface area contributed by atoms with Gasteiger partial charge in [-0.1, -0.05) is 5.16 Å². The molecular weight excluding hydrogens is 258 g/mol. The standard InChI is InChI=1S/C13H17N5O2/c1-8-10(6-14-13(15-8)18(2)3)12-16-11(17-20-12)9-4-5-19-7-9/h6,9H,4-5,7H2,1-3H3/t9-/m1/s1. The molecule has 7 nitrogen and oxygen atoms in total. The molecule has 3 heterocycles. The van der Waals surface area contributed by atoms with Gasteiger partial charge in [0.25, 0.3) is 5.89 Å². The summed E-state index contributed by atoms with van der Waals surface area (Å²) in [6.07, 6.45) is 2.66. The van der Waals surface area contributed by atoms with E-state index in [2.05, 4.69) is 20.1 Å². The SMILES string of the molecule is Cc1nc(N(C)C)ncc1-c1nc([C@@H]2CCOC2)no1. The summed E-state index contributed by atoms with van der Waals surface area (Å²) in [5.74, 6) is 2.06. The number of anilines is 1. The first kappa shape index (κ1) is 13.0. The van der Waals surface area contributed by atoms with E-state index in [1.54, 1.807) is 6.20 Å². The lowest BCUT2D eigenvalue weighted by atomic mass is 10.1. The van der Waals surface area contributed by atoms with Gasteiger partial charge in [0.05, 0.1) is 17.9 Å². The fourth-order valence-corrected chi connectivity index (χ4v) is 2.13. The summed E-state index contributed by atoms with van der Waals surface area (Å²) in [5, 5.41) is 4.04. The number of aryl methyl sites for hydroxylation is 1. The Morgan fingerprint density at radius 2 is 2.15 bits per heavy atom. The van der Waals surface area contributed by atoms with Crippen molar-refractivity contribution in [3.05, 3.63) is 17.7 Å². The highest BCUT2D eigenvalue weighted by molar-refractivity contribution is 5.55. The molecule has 0 spiro atoms. The maximum Gasteiger partial charge on any atom is 0.261 e. The van der Waals surface area contributed by atoms with E-state index in [1.165, 1.54) is 0 Å². The second-order valence-electron chi connectivity index (χ2n) is 5.08. The van der Waals surface area contributed by atoms with E-state index in [9.17, 15) is 0 Å². The van der Waals surface area contributed by atoms with Gasteiger partial charge in [0, 0.05) is 32.8 Å². The van der Waals surface area contributed by atoms with Crippen LogP contribution in [0.3, 0.4) is 0 Å². The highest BCUT2D eigenvalue weighted by atomic mass is 16.5. The molecule has 1 atom stereocenters. The average molecular weight is 275 g/mol. The zero-order valence-electron chi connectivity index (χ0n) is 11.8. The molecule has 1 aliphatic heterocycles. The van der Waals surface area contributed by atoms with Gasteiger partial charge in [-0.3, -0.25) is 0 Å². The van der Waals surface area contributed by atoms with Gasteiger partial charge in [-0.15, -0.1) is 0 Å². The normalized spacial score (nSPS) is 18.4. The molecule has 0 amide bonds. The van der Waals surface area contributed by atoms with Crippen molar-refractivity contribution in [3.63, 3.8) is 0 Å². The first-order chi connectivity index (χ1) is 9.65. The van der Waals surface area contributed by atoms with Crippen molar-refractivity contribution in [1.29, 1.82) is 0 Å². The van der Waals surface area contributed by atoms with E-state index < -0.39 is 0 Å². The molecule has 0 N–H and O–H groups in total. The molecule has 1 aliphatic rings. The summed E-state index contributed by atoms with van der Waals surface area (Å²) in [6.45, 7) is 3.33. The molecule has 0 bridgehead atoms. The summed E-state index contributed by atoms with van der Waals surface area (Å²) in [4.78, 5) is 15.0. The summed E-state index contributed by atoms with van der Waals surface area (Å²) in [7, 11) is 3.80.